The van der Waals surface area contributed by atoms with Crippen molar-refractivity contribution >= 4 is 41.3 Å². The van der Waals surface area contributed by atoms with Crippen molar-refractivity contribution in [2.45, 2.75) is 32.2 Å². The Labute approximate surface area is 195 Å². The van der Waals surface area contributed by atoms with E-state index in [2.05, 4.69) is 67.3 Å². The zero-order chi connectivity index (χ0) is 20.1. The largest absolute Gasteiger partial charge is 0.372 e. The quantitative estimate of drug-likeness (QED) is 0.294. The Balaban J connectivity index is 0.00000256. The molecule has 0 saturated carbocycles. The smallest absolute Gasteiger partial charge is 0.191 e. The number of anilines is 1. The maximum absolute atomic E-state index is 4.65. The van der Waals surface area contributed by atoms with Gasteiger partial charge in [-0.2, -0.15) is 0 Å². The van der Waals surface area contributed by atoms with Crippen molar-refractivity contribution in [3.63, 3.8) is 0 Å². The second-order valence-electron chi connectivity index (χ2n) is 7.60. The van der Waals surface area contributed by atoms with Crippen LogP contribution in [0.5, 0.6) is 0 Å². The first-order valence-electron chi connectivity index (χ1n) is 10.5. The van der Waals surface area contributed by atoms with Gasteiger partial charge in [0, 0.05) is 51.2 Å². The summed E-state index contributed by atoms with van der Waals surface area (Å²) in [6.45, 7) is 5.29. The Hall–Kier alpha value is -2.29. The van der Waals surface area contributed by atoms with Crippen LogP contribution in [0.1, 0.15) is 37.1 Å². The summed E-state index contributed by atoms with van der Waals surface area (Å²) >= 11 is 0. The molecule has 1 aliphatic heterocycles. The Morgan fingerprint density at radius 3 is 2.77 bits per heavy atom. The monoisotopic (exact) mass is 518 g/mol. The van der Waals surface area contributed by atoms with E-state index >= 15 is 0 Å². The second-order valence-corrected chi connectivity index (χ2v) is 7.60. The molecule has 2 N–H and O–H groups in total. The van der Waals surface area contributed by atoms with E-state index in [1.54, 1.807) is 0 Å². The average molecular weight is 518 g/mol. The maximum Gasteiger partial charge on any atom is 0.191 e. The summed E-state index contributed by atoms with van der Waals surface area (Å²) in [4.78, 5) is 11.5. The number of aliphatic imine (C=N–C) groups is 1. The number of imidazole rings is 1. The molecule has 1 aliphatic rings. The van der Waals surface area contributed by atoms with Crippen molar-refractivity contribution in [3.8, 4) is 0 Å². The molecule has 4 rings (SSSR count). The van der Waals surface area contributed by atoms with Gasteiger partial charge >= 0.3 is 0 Å². The SMILES string of the molecule is CN=C(NCCc1cn2ccccc2n1)NC(C)c1cccc(N2CCCC2)c1.I. The number of hydrogen-bond acceptors (Lipinski definition) is 3. The van der Waals surface area contributed by atoms with Crippen LogP contribution < -0.4 is 15.5 Å². The molecule has 160 valence electrons. The summed E-state index contributed by atoms with van der Waals surface area (Å²) in [5, 5.41) is 6.92. The predicted octanol–water partition coefficient (Wildman–Crippen LogP) is 4.02. The van der Waals surface area contributed by atoms with E-state index in [-0.39, 0.29) is 30.0 Å². The lowest BCUT2D eigenvalue weighted by atomic mass is 10.1. The van der Waals surface area contributed by atoms with Gasteiger partial charge < -0.3 is 19.9 Å². The molecule has 0 radical (unpaired) electrons. The number of guanidine groups is 1. The van der Waals surface area contributed by atoms with Crippen LogP contribution in [0.25, 0.3) is 5.65 Å². The third-order valence-corrected chi connectivity index (χ3v) is 5.51. The molecule has 1 saturated heterocycles. The molecule has 1 fully saturated rings. The highest BCUT2D eigenvalue weighted by Gasteiger charge is 2.14. The van der Waals surface area contributed by atoms with Gasteiger partial charge in [0.15, 0.2) is 5.96 Å². The van der Waals surface area contributed by atoms with Crippen LogP contribution >= 0.6 is 24.0 Å². The predicted molar refractivity (Wildman–Crippen MR) is 135 cm³/mol. The number of aromatic nitrogens is 2. The van der Waals surface area contributed by atoms with Crippen LogP contribution in [0.3, 0.4) is 0 Å². The van der Waals surface area contributed by atoms with Crippen LogP contribution in [0, 0.1) is 0 Å². The molecule has 6 nitrogen and oxygen atoms in total. The van der Waals surface area contributed by atoms with E-state index in [9.17, 15) is 0 Å². The lowest BCUT2D eigenvalue weighted by molar-refractivity contribution is 0.683. The van der Waals surface area contributed by atoms with Crippen LogP contribution in [-0.4, -0.2) is 42.0 Å². The van der Waals surface area contributed by atoms with Gasteiger partial charge in [0.1, 0.15) is 5.65 Å². The number of hydrogen-bond donors (Lipinski definition) is 2. The van der Waals surface area contributed by atoms with Gasteiger partial charge in [-0.1, -0.05) is 18.2 Å². The van der Waals surface area contributed by atoms with Crippen molar-refractivity contribution in [1.29, 1.82) is 0 Å². The summed E-state index contributed by atoms with van der Waals surface area (Å²) in [6, 6.07) is 15.1. The molecule has 7 heteroatoms. The van der Waals surface area contributed by atoms with Gasteiger partial charge in [-0.15, -0.1) is 24.0 Å². The highest BCUT2D eigenvalue weighted by Crippen LogP contribution is 2.23. The Morgan fingerprint density at radius 2 is 2.00 bits per heavy atom. The normalized spacial score (nSPS) is 15.1. The van der Waals surface area contributed by atoms with Gasteiger partial charge in [-0.25, -0.2) is 4.98 Å². The molecule has 1 unspecified atom stereocenters. The molecule has 0 spiro atoms. The van der Waals surface area contributed by atoms with Gasteiger partial charge in [0.25, 0.3) is 0 Å². The fraction of sp³-hybridized carbons (Fsp3) is 0.391. The van der Waals surface area contributed by atoms with E-state index in [1.807, 2.05) is 31.4 Å². The molecule has 2 aromatic heterocycles. The first-order valence-corrected chi connectivity index (χ1v) is 10.5. The molecular weight excluding hydrogens is 487 g/mol. The lowest BCUT2D eigenvalue weighted by Gasteiger charge is -2.22. The minimum atomic E-state index is 0. The van der Waals surface area contributed by atoms with Crippen LogP contribution in [-0.2, 0) is 6.42 Å². The topological polar surface area (TPSA) is 57.0 Å². The summed E-state index contributed by atoms with van der Waals surface area (Å²) in [5.41, 5.74) is 4.66. The van der Waals surface area contributed by atoms with Gasteiger partial charge in [0.05, 0.1) is 11.7 Å². The summed E-state index contributed by atoms with van der Waals surface area (Å²) in [5.74, 6) is 0.813. The number of nitrogens with one attached hydrogen (secondary N) is 2. The molecule has 1 atom stereocenters. The first kappa shape index (κ1) is 22.4. The standard InChI is InChI=1S/C23H30N6.HI/c1-18(19-8-7-9-21(16-19)28-13-5-6-14-28)26-23(24-2)25-12-11-20-17-29-15-4-3-10-22(29)27-20;/h3-4,7-10,15-18H,5-6,11-14H2,1-2H3,(H2,24,25,26);1H. The second kappa shape index (κ2) is 10.7. The maximum atomic E-state index is 4.65. The molecular formula is C23H31IN6. The zero-order valence-corrected chi connectivity index (χ0v) is 20.0. The van der Waals surface area contributed by atoms with Gasteiger partial charge in [-0.05, 0) is 49.6 Å². The average Bonchev–Trinajstić information content (AvgIpc) is 3.42. The number of benzene rings is 1. The molecule has 0 bridgehead atoms. The molecule has 0 amide bonds. The zero-order valence-electron chi connectivity index (χ0n) is 17.7. The number of nitrogens with zero attached hydrogens (tertiary/aromatic N) is 4. The van der Waals surface area contributed by atoms with E-state index in [0.717, 1.165) is 43.4 Å². The van der Waals surface area contributed by atoms with Crippen molar-refractivity contribution in [2.24, 2.45) is 4.99 Å². The van der Waals surface area contributed by atoms with Gasteiger partial charge in [-0.3, -0.25) is 4.99 Å². The van der Waals surface area contributed by atoms with Gasteiger partial charge in [0.2, 0.25) is 0 Å². The number of rotatable bonds is 6. The number of halogens is 1. The van der Waals surface area contributed by atoms with Crippen molar-refractivity contribution < 1.29 is 0 Å². The lowest BCUT2D eigenvalue weighted by Crippen LogP contribution is -2.39. The third kappa shape index (κ3) is 5.44. The highest BCUT2D eigenvalue weighted by atomic mass is 127. The summed E-state index contributed by atoms with van der Waals surface area (Å²) in [6.07, 6.45) is 7.54. The molecule has 3 heterocycles. The Morgan fingerprint density at radius 1 is 1.17 bits per heavy atom. The van der Waals surface area contributed by atoms with Crippen LogP contribution in [0.15, 0.2) is 59.9 Å². The van der Waals surface area contributed by atoms with Crippen molar-refractivity contribution in [3.05, 3.63) is 66.1 Å². The molecule has 3 aromatic rings. The molecule has 0 aliphatic carbocycles. The minimum Gasteiger partial charge on any atom is -0.372 e. The molecule has 1 aromatic carbocycles. The van der Waals surface area contributed by atoms with Crippen molar-refractivity contribution in [2.75, 3.05) is 31.6 Å². The number of pyridine rings is 1. The van der Waals surface area contributed by atoms with E-state index in [0.29, 0.717) is 0 Å². The van der Waals surface area contributed by atoms with Crippen LogP contribution in [0.2, 0.25) is 0 Å². The Kier molecular flexibility index (Phi) is 7.95. The van der Waals surface area contributed by atoms with Crippen LogP contribution in [0.4, 0.5) is 5.69 Å². The van der Waals surface area contributed by atoms with E-state index < -0.39 is 0 Å². The van der Waals surface area contributed by atoms with E-state index in [4.69, 9.17) is 0 Å². The molecule has 30 heavy (non-hydrogen) atoms. The highest BCUT2D eigenvalue weighted by molar-refractivity contribution is 14.0. The van der Waals surface area contributed by atoms with E-state index in [1.165, 1.54) is 24.1 Å². The summed E-state index contributed by atoms with van der Waals surface area (Å²) in [7, 11) is 1.81. The summed E-state index contributed by atoms with van der Waals surface area (Å²) < 4.78 is 2.05. The minimum absolute atomic E-state index is 0. The first-order chi connectivity index (χ1) is 14.2. The third-order valence-electron chi connectivity index (χ3n) is 5.51. The number of fused-ring (bicyclic) bond motifs is 1. The van der Waals surface area contributed by atoms with Crippen molar-refractivity contribution in [1.82, 2.24) is 20.0 Å². The fourth-order valence-electron chi connectivity index (χ4n) is 3.87. The Bertz CT molecular complexity index is 943. The fourth-order valence-corrected chi connectivity index (χ4v) is 3.87.